The standard InChI is InChI=1S/C14H23N3/c1-17(2)9-3-8-16-14-7-4-11-10-12(15)5-6-13(11)14/h5-6,10,14,16H,3-4,7-9,15H2,1-2H3. The summed E-state index contributed by atoms with van der Waals surface area (Å²) >= 11 is 0. The van der Waals surface area contributed by atoms with E-state index in [9.17, 15) is 0 Å². The maximum atomic E-state index is 5.81. The Balaban J connectivity index is 1.85. The van der Waals surface area contributed by atoms with Crippen molar-refractivity contribution in [1.29, 1.82) is 0 Å². The molecule has 1 atom stereocenters. The van der Waals surface area contributed by atoms with Crippen LogP contribution in [0.5, 0.6) is 0 Å². The van der Waals surface area contributed by atoms with E-state index in [1.165, 1.54) is 24.0 Å². The quantitative estimate of drug-likeness (QED) is 0.602. The monoisotopic (exact) mass is 233 g/mol. The summed E-state index contributed by atoms with van der Waals surface area (Å²) in [6.07, 6.45) is 3.57. The van der Waals surface area contributed by atoms with Crippen LogP contribution in [0.3, 0.4) is 0 Å². The van der Waals surface area contributed by atoms with Gasteiger partial charge in [-0.3, -0.25) is 0 Å². The summed E-state index contributed by atoms with van der Waals surface area (Å²) in [5, 5.41) is 3.65. The molecule has 1 aromatic carbocycles. The number of hydrogen-bond donors (Lipinski definition) is 2. The molecule has 0 saturated carbocycles. The summed E-state index contributed by atoms with van der Waals surface area (Å²) in [6.45, 7) is 2.24. The molecule has 2 rings (SSSR count). The molecule has 0 fully saturated rings. The first kappa shape index (κ1) is 12.4. The van der Waals surface area contributed by atoms with Crippen LogP contribution in [-0.2, 0) is 6.42 Å². The zero-order valence-electron chi connectivity index (χ0n) is 10.9. The number of benzene rings is 1. The van der Waals surface area contributed by atoms with Gasteiger partial charge in [0.2, 0.25) is 0 Å². The van der Waals surface area contributed by atoms with Crippen molar-refractivity contribution in [2.24, 2.45) is 0 Å². The van der Waals surface area contributed by atoms with Crippen molar-refractivity contribution < 1.29 is 0 Å². The van der Waals surface area contributed by atoms with Gasteiger partial charge < -0.3 is 16.0 Å². The molecule has 0 aliphatic heterocycles. The third kappa shape index (κ3) is 3.20. The minimum Gasteiger partial charge on any atom is -0.399 e. The average molecular weight is 233 g/mol. The molecule has 3 nitrogen and oxygen atoms in total. The van der Waals surface area contributed by atoms with Crippen molar-refractivity contribution in [2.75, 3.05) is 32.9 Å². The Kier molecular flexibility index (Phi) is 4.02. The molecule has 0 radical (unpaired) electrons. The highest BCUT2D eigenvalue weighted by Gasteiger charge is 2.21. The number of nitrogens with one attached hydrogen (secondary N) is 1. The average Bonchev–Trinajstić information content (AvgIpc) is 2.66. The van der Waals surface area contributed by atoms with E-state index in [0.717, 1.165) is 25.2 Å². The van der Waals surface area contributed by atoms with E-state index >= 15 is 0 Å². The zero-order chi connectivity index (χ0) is 12.3. The normalized spacial score (nSPS) is 18.6. The molecular formula is C14H23N3. The number of nitrogens with two attached hydrogens (primary N) is 1. The summed E-state index contributed by atoms with van der Waals surface area (Å²) in [7, 11) is 4.24. The number of rotatable bonds is 5. The molecular weight excluding hydrogens is 210 g/mol. The number of fused-ring (bicyclic) bond motifs is 1. The maximum Gasteiger partial charge on any atom is 0.0326 e. The lowest BCUT2D eigenvalue weighted by atomic mass is 10.1. The fourth-order valence-corrected chi connectivity index (χ4v) is 2.52. The van der Waals surface area contributed by atoms with Crippen molar-refractivity contribution in [1.82, 2.24) is 10.2 Å². The summed E-state index contributed by atoms with van der Waals surface area (Å²) in [5.74, 6) is 0. The smallest absolute Gasteiger partial charge is 0.0326 e. The highest BCUT2D eigenvalue weighted by atomic mass is 15.1. The van der Waals surface area contributed by atoms with Crippen LogP contribution in [0.25, 0.3) is 0 Å². The molecule has 94 valence electrons. The fraction of sp³-hybridized carbons (Fsp3) is 0.571. The first-order valence-electron chi connectivity index (χ1n) is 6.43. The molecule has 0 heterocycles. The Hall–Kier alpha value is -1.06. The van der Waals surface area contributed by atoms with Gasteiger partial charge in [-0.15, -0.1) is 0 Å². The highest BCUT2D eigenvalue weighted by molar-refractivity contribution is 5.47. The molecule has 0 spiro atoms. The number of anilines is 1. The van der Waals surface area contributed by atoms with Crippen molar-refractivity contribution in [3.05, 3.63) is 29.3 Å². The van der Waals surface area contributed by atoms with Crippen molar-refractivity contribution in [3.8, 4) is 0 Å². The molecule has 3 N–H and O–H groups in total. The van der Waals surface area contributed by atoms with Crippen LogP contribution in [0.1, 0.15) is 30.0 Å². The summed E-state index contributed by atoms with van der Waals surface area (Å²) in [4.78, 5) is 2.23. The molecule has 3 heteroatoms. The van der Waals surface area contributed by atoms with Crippen molar-refractivity contribution >= 4 is 5.69 Å². The third-order valence-corrected chi connectivity index (χ3v) is 3.42. The zero-order valence-corrected chi connectivity index (χ0v) is 10.9. The number of nitrogen functional groups attached to an aromatic ring is 1. The van der Waals surface area contributed by atoms with Crippen LogP contribution in [0.4, 0.5) is 5.69 Å². The largest absolute Gasteiger partial charge is 0.399 e. The maximum absolute atomic E-state index is 5.81. The number of aryl methyl sites for hydroxylation is 1. The van der Waals surface area contributed by atoms with E-state index in [0.29, 0.717) is 6.04 Å². The predicted octanol–water partition coefficient (Wildman–Crippen LogP) is 1.80. The van der Waals surface area contributed by atoms with Gasteiger partial charge in [-0.05, 0) is 69.7 Å². The van der Waals surface area contributed by atoms with Gasteiger partial charge in [0, 0.05) is 11.7 Å². The molecule has 0 bridgehead atoms. The minimum atomic E-state index is 0.535. The lowest BCUT2D eigenvalue weighted by Crippen LogP contribution is -2.24. The highest BCUT2D eigenvalue weighted by Crippen LogP contribution is 2.32. The SMILES string of the molecule is CN(C)CCCNC1CCc2cc(N)ccc21. The first-order chi connectivity index (χ1) is 8.16. The number of hydrogen-bond acceptors (Lipinski definition) is 3. The van der Waals surface area contributed by atoms with Crippen LogP contribution < -0.4 is 11.1 Å². The molecule has 0 saturated heterocycles. The van der Waals surface area contributed by atoms with Gasteiger partial charge >= 0.3 is 0 Å². The summed E-state index contributed by atoms with van der Waals surface area (Å²) < 4.78 is 0. The molecule has 1 aliphatic rings. The molecule has 1 aromatic rings. The van der Waals surface area contributed by atoms with E-state index in [2.05, 4.69) is 36.4 Å². The lowest BCUT2D eigenvalue weighted by Gasteiger charge is -2.15. The van der Waals surface area contributed by atoms with Crippen LogP contribution in [-0.4, -0.2) is 32.1 Å². The third-order valence-electron chi connectivity index (χ3n) is 3.42. The van der Waals surface area contributed by atoms with E-state index in [1.807, 2.05) is 6.07 Å². The van der Waals surface area contributed by atoms with E-state index in [4.69, 9.17) is 5.73 Å². The minimum absolute atomic E-state index is 0.535. The molecule has 1 aliphatic carbocycles. The van der Waals surface area contributed by atoms with Gasteiger partial charge in [0.1, 0.15) is 0 Å². The second kappa shape index (κ2) is 5.52. The van der Waals surface area contributed by atoms with E-state index in [-0.39, 0.29) is 0 Å². The second-order valence-corrected chi connectivity index (χ2v) is 5.16. The molecule has 0 aromatic heterocycles. The van der Waals surface area contributed by atoms with Crippen LogP contribution in [0, 0.1) is 0 Å². The lowest BCUT2D eigenvalue weighted by molar-refractivity contribution is 0.386. The van der Waals surface area contributed by atoms with Gasteiger partial charge in [-0.1, -0.05) is 6.07 Å². The fourth-order valence-electron chi connectivity index (χ4n) is 2.52. The molecule has 1 unspecified atom stereocenters. The van der Waals surface area contributed by atoms with E-state index in [1.54, 1.807) is 0 Å². The summed E-state index contributed by atoms with van der Waals surface area (Å²) in [5.41, 5.74) is 9.57. The first-order valence-corrected chi connectivity index (χ1v) is 6.43. The summed E-state index contributed by atoms with van der Waals surface area (Å²) in [6, 6.07) is 6.85. The molecule has 17 heavy (non-hydrogen) atoms. The van der Waals surface area contributed by atoms with Crippen LogP contribution in [0.2, 0.25) is 0 Å². The topological polar surface area (TPSA) is 41.3 Å². The van der Waals surface area contributed by atoms with Gasteiger partial charge in [0.15, 0.2) is 0 Å². The Bertz CT molecular complexity index is 374. The van der Waals surface area contributed by atoms with Crippen LogP contribution in [0.15, 0.2) is 18.2 Å². The van der Waals surface area contributed by atoms with Gasteiger partial charge in [-0.25, -0.2) is 0 Å². The van der Waals surface area contributed by atoms with Gasteiger partial charge in [0.05, 0.1) is 0 Å². The van der Waals surface area contributed by atoms with Crippen LogP contribution >= 0.6 is 0 Å². The predicted molar refractivity (Wildman–Crippen MR) is 73.1 cm³/mol. The Morgan fingerprint density at radius 3 is 3.00 bits per heavy atom. The van der Waals surface area contributed by atoms with E-state index < -0.39 is 0 Å². The Morgan fingerprint density at radius 2 is 2.24 bits per heavy atom. The Labute approximate surface area is 104 Å². The second-order valence-electron chi connectivity index (χ2n) is 5.16. The van der Waals surface area contributed by atoms with Gasteiger partial charge in [0.25, 0.3) is 0 Å². The van der Waals surface area contributed by atoms with Crippen molar-refractivity contribution in [3.63, 3.8) is 0 Å². The number of nitrogens with zero attached hydrogens (tertiary/aromatic N) is 1. The Morgan fingerprint density at radius 1 is 1.41 bits per heavy atom. The van der Waals surface area contributed by atoms with Crippen molar-refractivity contribution in [2.45, 2.75) is 25.3 Å². The van der Waals surface area contributed by atoms with Gasteiger partial charge in [-0.2, -0.15) is 0 Å². The molecule has 0 amide bonds.